The zero-order valence-electron chi connectivity index (χ0n) is 18.9. The molecule has 1 N–H and O–H groups in total. The highest BCUT2D eigenvalue weighted by Crippen LogP contribution is 2.42. The Kier molecular flexibility index (Phi) is 7.34. The Morgan fingerprint density at radius 3 is 2.38 bits per heavy atom. The van der Waals surface area contributed by atoms with Crippen molar-refractivity contribution in [3.63, 3.8) is 0 Å². The summed E-state index contributed by atoms with van der Waals surface area (Å²) in [6.07, 6.45) is 4.34. The average molecular weight is 475 g/mol. The lowest BCUT2D eigenvalue weighted by Gasteiger charge is -2.42. The Balaban J connectivity index is 1.39. The molecular formula is C26H32Cl2N2O2. The highest BCUT2D eigenvalue weighted by Gasteiger charge is 2.39. The summed E-state index contributed by atoms with van der Waals surface area (Å²) in [6.45, 7) is 6.76. The van der Waals surface area contributed by atoms with Gasteiger partial charge in [-0.3, -0.25) is 9.69 Å². The van der Waals surface area contributed by atoms with Gasteiger partial charge in [0, 0.05) is 40.1 Å². The minimum atomic E-state index is -0.218. The summed E-state index contributed by atoms with van der Waals surface area (Å²) in [7, 11) is 0. The molecule has 0 saturated carbocycles. The molecule has 2 heterocycles. The molecule has 0 radical (unpaired) electrons. The van der Waals surface area contributed by atoms with Gasteiger partial charge in [0.2, 0.25) is 5.91 Å². The van der Waals surface area contributed by atoms with Crippen LogP contribution in [0.15, 0.2) is 42.5 Å². The van der Waals surface area contributed by atoms with Crippen molar-refractivity contribution in [3.05, 3.63) is 63.6 Å². The normalized spacial score (nSPS) is 20.9. The van der Waals surface area contributed by atoms with Crippen LogP contribution >= 0.6 is 23.2 Å². The van der Waals surface area contributed by atoms with Gasteiger partial charge in [0.05, 0.1) is 6.04 Å². The Bertz CT molecular complexity index is 932. The van der Waals surface area contributed by atoms with E-state index in [0.29, 0.717) is 10.0 Å². The van der Waals surface area contributed by atoms with E-state index in [2.05, 4.69) is 30.1 Å². The molecule has 172 valence electrons. The van der Waals surface area contributed by atoms with E-state index in [0.717, 1.165) is 68.6 Å². The molecule has 0 spiro atoms. The van der Waals surface area contributed by atoms with E-state index in [1.54, 1.807) is 0 Å². The Labute approximate surface area is 201 Å². The van der Waals surface area contributed by atoms with Crippen LogP contribution in [-0.2, 0) is 11.3 Å². The van der Waals surface area contributed by atoms with Crippen LogP contribution in [0.3, 0.4) is 0 Å². The number of ether oxygens (including phenoxy) is 1. The molecule has 32 heavy (non-hydrogen) atoms. The van der Waals surface area contributed by atoms with E-state index in [9.17, 15) is 4.79 Å². The smallest absolute Gasteiger partial charge is 0.223 e. The lowest BCUT2D eigenvalue weighted by atomic mass is 9.83. The first-order valence-corrected chi connectivity index (χ1v) is 12.4. The minimum Gasteiger partial charge on any atom is -0.487 e. The van der Waals surface area contributed by atoms with E-state index in [-0.39, 0.29) is 23.5 Å². The summed E-state index contributed by atoms with van der Waals surface area (Å²) in [6, 6.07) is 13.7. The van der Waals surface area contributed by atoms with Crippen LogP contribution in [-0.4, -0.2) is 29.5 Å². The van der Waals surface area contributed by atoms with Gasteiger partial charge in [-0.2, -0.15) is 0 Å². The van der Waals surface area contributed by atoms with Crippen molar-refractivity contribution in [2.24, 2.45) is 5.92 Å². The zero-order chi connectivity index (χ0) is 22.7. The van der Waals surface area contributed by atoms with Crippen LogP contribution in [0, 0.1) is 5.92 Å². The van der Waals surface area contributed by atoms with Crippen molar-refractivity contribution in [1.29, 1.82) is 0 Å². The van der Waals surface area contributed by atoms with Crippen LogP contribution < -0.4 is 10.1 Å². The molecule has 4 rings (SSSR count). The number of likely N-dealkylation sites (tertiary alicyclic amines) is 1. The molecule has 6 heteroatoms. The lowest BCUT2D eigenvalue weighted by Crippen LogP contribution is -2.47. The molecule has 0 aromatic heterocycles. The summed E-state index contributed by atoms with van der Waals surface area (Å²) in [5.74, 6) is 1.09. The first-order chi connectivity index (χ1) is 15.4. The van der Waals surface area contributed by atoms with Crippen molar-refractivity contribution in [1.82, 2.24) is 10.2 Å². The third kappa shape index (κ3) is 4.93. The molecule has 2 aromatic rings. The molecule has 1 fully saturated rings. The quantitative estimate of drug-likeness (QED) is 0.525. The lowest BCUT2D eigenvalue weighted by molar-refractivity contribution is -0.128. The maximum Gasteiger partial charge on any atom is 0.223 e. The van der Waals surface area contributed by atoms with Crippen LogP contribution in [0.2, 0.25) is 10.0 Å². The Morgan fingerprint density at radius 1 is 1.06 bits per heavy atom. The van der Waals surface area contributed by atoms with Crippen LogP contribution in [0.1, 0.15) is 63.1 Å². The van der Waals surface area contributed by atoms with Gasteiger partial charge in [-0.25, -0.2) is 0 Å². The molecule has 0 unspecified atom stereocenters. The van der Waals surface area contributed by atoms with Gasteiger partial charge in [-0.1, -0.05) is 61.3 Å². The predicted octanol–water partition coefficient (Wildman–Crippen LogP) is 6.40. The Hall–Kier alpha value is -1.75. The third-order valence-corrected chi connectivity index (χ3v) is 7.91. The van der Waals surface area contributed by atoms with Gasteiger partial charge in [-0.05, 0) is 57.0 Å². The van der Waals surface area contributed by atoms with Crippen molar-refractivity contribution in [2.75, 3.05) is 13.1 Å². The molecule has 4 nitrogen and oxygen atoms in total. The number of rotatable bonds is 6. The maximum absolute atomic E-state index is 13.2. The van der Waals surface area contributed by atoms with Crippen LogP contribution in [0.5, 0.6) is 5.75 Å². The zero-order valence-corrected chi connectivity index (χ0v) is 20.4. The van der Waals surface area contributed by atoms with E-state index in [1.807, 2.05) is 36.4 Å². The third-order valence-electron chi connectivity index (χ3n) is 7.20. The number of benzene rings is 2. The number of piperidine rings is 1. The molecular weight excluding hydrogens is 443 g/mol. The number of carbonyl (C=O) groups excluding carboxylic acids is 1. The molecule has 2 aliphatic heterocycles. The summed E-state index contributed by atoms with van der Waals surface area (Å²) >= 11 is 12.7. The topological polar surface area (TPSA) is 41.6 Å². The van der Waals surface area contributed by atoms with Gasteiger partial charge in [0.25, 0.3) is 0 Å². The van der Waals surface area contributed by atoms with Gasteiger partial charge in [0.1, 0.15) is 11.4 Å². The minimum absolute atomic E-state index is 0.00712. The number of amides is 1. The van der Waals surface area contributed by atoms with Crippen LogP contribution in [0.25, 0.3) is 0 Å². The van der Waals surface area contributed by atoms with Gasteiger partial charge < -0.3 is 10.1 Å². The van der Waals surface area contributed by atoms with E-state index in [4.69, 9.17) is 27.9 Å². The maximum atomic E-state index is 13.2. The number of fused-ring (bicyclic) bond motifs is 1. The fraction of sp³-hybridized carbons (Fsp3) is 0.500. The van der Waals surface area contributed by atoms with E-state index >= 15 is 0 Å². The van der Waals surface area contributed by atoms with Crippen molar-refractivity contribution in [3.8, 4) is 5.75 Å². The Morgan fingerprint density at radius 2 is 1.72 bits per heavy atom. The first kappa shape index (κ1) is 23.4. The van der Waals surface area contributed by atoms with Gasteiger partial charge in [-0.15, -0.1) is 0 Å². The first-order valence-electron chi connectivity index (χ1n) is 11.7. The number of para-hydroxylation sites is 1. The highest BCUT2D eigenvalue weighted by atomic mass is 35.5. The highest BCUT2D eigenvalue weighted by molar-refractivity contribution is 6.35. The van der Waals surface area contributed by atoms with Crippen molar-refractivity contribution < 1.29 is 9.53 Å². The van der Waals surface area contributed by atoms with Crippen LogP contribution in [0.4, 0.5) is 0 Å². The average Bonchev–Trinajstić information content (AvgIpc) is 2.81. The predicted molar refractivity (Wildman–Crippen MR) is 130 cm³/mol. The summed E-state index contributed by atoms with van der Waals surface area (Å²) in [5.41, 5.74) is 1.83. The molecule has 2 aliphatic rings. The molecule has 0 bridgehead atoms. The van der Waals surface area contributed by atoms with E-state index in [1.165, 1.54) is 0 Å². The SMILES string of the molecule is CCC1(CC)C[C@H](NC(=O)C2CCN(Cc3c(Cl)cccc3Cl)CC2)c2ccccc2O1. The summed E-state index contributed by atoms with van der Waals surface area (Å²) in [5, 5.41) is 4.77. The molecule has 1 saturated heterocycles. The van der Waals surface area contributed by atoms with Crippen molar-refractivity contribution in [2.45, 2.75) is 64.1 Å². The standard InChI is InChI=1S/C26H32Cl2N2O2/c1-3-26(4-2)16-23(19-8-5-6-11-24(19)32-26)29-25(31)18-12-14-30(15-13-18)17-20-21(27)9-7-10-22(20)28/h5-11,18,23H,3-4,12-17H2,1-2H3,(H,29,31)/t23-/m0/s1. The number of nitrogens with zero attached hydrogens (tertiary/aromatic N) is 1. The molecule has 1 amide bonds. The largest absolute Gasteiger partial charge is 0.487 e. The summed E-state index contributed by atoms with van der Waals surface area (Å²) in [4.78, 5) is 15.6. The second-order valence-corrected chi connectivity index (χ2v) is 9.86. The number of nitrogens with one attached hydrogen (secondary N) is 1. The van der Waals surface area contributed by atoms with Gasteiger partial charge in [0.15, 0.2) is 0 Å². The number of halogens is 2. The molecule has 0 aliphatic carbocycles. The number of carbonyl (C=O) groups is 1. The fourth-order valence-corrected chi connectivity index (χ4v) is 5.50. The van der Waals surface area contributed by atoms with Gasteiger partial charge >= 0.3 is 0 Å². The molecule has 1 atom stereocenters. The summed E-state index contributed by atoms with van der Waals surface area (Å²) < 4.78 is 6.39. The number of hydrogen-bond donors (Lipinski definition) is 1. The molecule has 2 aromatic carbocycles. The second-order valence-electron chi connectivity index (χ2n) is 9.05. The monoisotopic (exact) mass is 474 g/mol. The van der Waals surface area contributed by atoms with Crippen molar-refractivity contribution >= 4 is 29.1 Å². The fourth-order valence-electron chi connectivity index (χ4n) is 4.98. The number of hydrogen-bond acceptors (Lipinski definition) is 3. The second kappa shape index (κ2) is 10.0. The van der Waals surface area contributed by atoms with E-state index < -0.39 is 0 Å².